The molecule has 0 aliphatic carbocycles. The van der Waals surface area contributed by atoms with Crippen molar-refractivity contribution in [1.82, 2.24) is 14.5 Å². The van der Waals surface area contributed by atoms with Crippen molar-refractivity contribution in [2.24, 2.45) is 0 Å². The van der Waals surface area contributed by atoms with Crippen molar-refractivity contribution in [3.05, 3.63) is 77.2 Å². The molecule has 1 fully saturated rings. The molecule has 3 heterocycles. The number of imidazole rings is 1. The SMILES string of the molecule is CN1CCC(OC2c3ccccc3CCn3cc(-c4ccc(C(F)(F)F)cc4)nc32)CC1. The molecule has 0 saturated carbocycles. The second kappa shape index (κ2) is 8.37. The second-order valence-electron chi connectivity index (χ2n) is 8.72. The Bertz CT molecular complexity index is 1080. The van der Waals surface area contributed by atoms with Crippen LogP contribution in [0.5, 0.6) is 0 Å². The van der Waals surface area contributed by atoms with Crippen molar-refractivity contribution < 1.29 is 17.9 Å². The third-order valence-corrected chi connectivity index (χ3v) is 6.50. The molecule has 0 N–H and O–H groups in total. The first-order chi connectivity index (χ1) is 15.4. The van der Waals surface area contributed by atoms with Crippen molar-refractivity contribution in [2.45, 2.75) is 44.2 Å². The summed E-state index contributed by atoms with van der Waals surface area (Å²) in [4.78, 5) is 7.19. The van der Waals surface area contributed by atoms with Crippen molar-refractivity contribution in [3.8, 4) is 11.3 Å². The van der Waals surface area contributed by atoms with Gasteiger partial charge in [-0.3, -0.25) is 0 Å². The van der Waals surface area contributed by atoms with Gasteiger partial charge in [0.25, 0.3) is 0 Å². The van der Waals surface area contributed by atoms with E-state index in [1.807, 2.05) is 18.3 Å². The van der Waals surface area contributed by atoms with Gasteiger partial charge in [-0.15, -0.1) is 0 Å². The summed E-state index contributed by atoms with van der Waals surface area (Å²) in [7, 11) is 2.13. The minimum Gasteiger partial charge on any atom is -0.362 e. The fourth-order valence-corrected chi connectivity index (χ4v) is 4.63. The number of aryl methyl sites for hydroxylation is 2. The van der Waals surface area contributed by atoms with E-state index < -0.39 is 11.7 Å². The van der Waals surface area contributed by atoms with Crippen molar-refractivity contribution >= 4 is 0 Å². The molecule has 1 aromatic heterocycles. The summed E-state index contributed by atoms with van der Waals surface area (Å²) in [6.07, 6.45) is 0.269. The van der Waals surface area contributed by atoms with E-state index in [9.17, 15) is 13.2 Å². The molecule has 1 unspecified atom stereocenters. The number of nitrogens with zero attached hydrogens (tertiary/aromatic N) is 3. The number of likely N-dealkylation sites (tertiary alicyclic amines) is 1. The van der Waals surface area contributed by atoms with Crippen LogP contribution in [0.3, 0.4) is 0 Å². The van der Waals surface area contributed by atoms with E-state index in [1.54, 1.807) is 0 Å². The van der Waals surface area contributed by atoms with Crippen LogP contribution in [0.4, 0.5) is 13.2 Å². The summed E-state index contributed by atoms with van der Waals surface area (Å²) in [6.45, 7) is 2.77. The predicted octanol–water partition coefficient (Wildman–Crippen LogP) is 5.33. The molecule has 2 aromatic carbocycles. The lowest BCUT2D eigenvalue weighted by Gasteiger charge is -2.32. The highest BCUT2D eigenvalue weighted by atomic mass is 19.4. The maximum Gasteiger partial charge on any atom is 0.416 e. The Labute approximate surface area is 185 Å². The van der Waals surface area contributed by atoms with Gasteiger partial charge in [0.1, 0.15) is 11.9 Å². The molecule has 2 aliphatic rings. The van der Waals surface area contributed by atoms with Gasteiger partial charge in [-0.1, -0.05) is 36.4 Å². The lowest BCUT2D eigenvalue weighted by Crippen LogP contribution is -2.35. The van der Waals surface area contributed by atoms with Crippen LogP contribution in [-0.4, -0.2) is 40.7 Å². The Morgan fingerprint density at radius 3 is 2.41 bits per heavy atom. The Hall–Kier alpha value is -2.64. The number of piperidine rings is 1. The molecule has 2 aliphatic heterocycles. The third-order valence-electron chi connectivity index (χ3n) is 6.50. The Balaban J connectivity index is 1.49. The van der Waals surface area contributed by atoms with Gasteiger partial charge in [-0.25, -0.2) is 4.98 Å². The lowest BCUT2D eigenvalue weighted by molar-refractivity contribution is -0.137. The Morgan fingerprint density at radius 2 is 1.69 bits per heavy atom. The van der Waals surface area contributed by atoms with Gasteiger partial charge in [0.2, 0.25) is 0 Å². The van der Waals surface area contributed by atoms with Crippen LogP contribution in [0.15, 0.2) is 54.7 Å². The highest BCUT2D eigenvalue weighted by Crippen LogP contribution is 2.36. The first-order valence-corrected chi connectivity index (χ1v) is 11.0. The standard InChI is InChI=1S/C25H26F3N3O/c1-30-13-11-20(12-14-30)32-23-21-5-3-2-4-17(21)10-15-31-16-22(29-24(23)31)18-6-8-19(9-7-18)25(26,27)28/h2-9,16,20,23H,10-15H2,1H3. The van der Waals surface area contributed by atoms with Gasteiger partial charge in [0, 0.05) is 31.4 Å². The summed E-state index contributed by atoms with van der Waals surface area (Å²) in [6, 6.07) is 13.5. The number of rotatable bonds is 3. The fraction of sp³-hybridized carbons (Fsp3) is 0.400. The number of aromatic nitrogens is 2. The number of halogens is 3. The van der Waals surface area contributed by atoms with Crippen molar-refractivity contribution in [2.75, 3.05) is 20.1 Å². The molecular weight excluding hydrogens is 415 g/mol. The number of ether oxygens (including phenoxy) is 1. The van der Waals surface area contributed by atoms with Crippen LogP contribution in [-0.2, 0) is 23.9 Å². The molecule has 4 nitrogen and oxygen atoms in total. The Morgan fingerprint density at radius 1 is 0.969 bits per heavy atom. The first kappa shape index (κ1) is 21.2. The van der Waals surface area contributed by atoms with Crippen LogP contribution in [0, 0.1) is 0 Å². The lowest BCUT2D eigenvalue weighted by atomic mass is 10.00. The van der Waals surface area contributed by atoms with E-state index in [4.69, 9.17) is 9.72 Å². The first-order valence-electron chi connectivity index (χ1n) is 11.0. The minimum absolute atomic E-state index is 0.155. The van der Waals surface area contributed by atoms with E-state index in [1.165, 1.54) is 17.7 Å². The van der Waals surface area contributed by atoms with Crippen LogP contribution in [0.2, 0.25) is 0 Å². The van der Waals surface area contributed by atoms with Crippen LogP contribution < -0.4 is 0 Å². The molecule has 3 aromatic rings. The van der Waals surface area contributed by atoms with Gasteiger partial charge in [0.05, 0.1) is 17.4 Å². The number of hydrogen-bond acceptors (Lipinski definition) is 3. The summed E-state index contributed by atoms with van der Waals surface area (Å²) >= 11 is 0. The van der Waals surface area contributed by atoms with Crippen molar-refractivity contribution in [3.63, 3.8) is 0 Å². The number of fused-ring (bicyclic) bond motifs is 2. The molecule has 1 saturated heterocycles. The molecule has 0 radical (unpaired) electrons. The van der Waals surface area contributed by atoms with Crippen LogP contribution >= 0.6 is 0 Å². The maximum atomic E-state index is 13.0. The van der Waals surface area contributed by atoms with Gasteiger partial charge >= 0.3 is 6.18 Å². The molecule has 0 bridgehead atoms. The smallest absolute Gasteiger partial charge is 0.362 e. The zero-order valence-corrected chi connectivity index (χ0v) is 18.0. The van der Waals surface area contributed by atoms with Crippen LogP contribution in [0.25, 0.3) is 11.3 Å². The summed E-state index contributed by atoms with van der Waals surface area (Å²) < 4.78 is 47.6. The van der Waals surface area contributed by atoms with E-state index in [0.29, 0.717) is 11.3 Å². The highest BCUT2D eigenvalue weighted by Gasteiger charge is 2.32. The zero-order chi connectivity index (χ0) is 22.3. The summed E-state index contributed by atoms with van der Waals surface area (Å²) in [5.74, 6) is 0.823. The molecule has 32 heavy (non-hydrogen) atoms. The average molecular weight is 441 g/mol. The van der Waals surface area contributed by atoms with Gasteiger partial charge in [-0.2, -0.15) is 13.2 Å². The molecule has 168 valence electrons. The number of hydrogen-bond donors (Lipinski definition) is 0. The highest BCUT2D eigenvalue weighted by molar-refractivity contribution is 5.59. The number of alkyl halides is 3. The zero-order valence-electron chi connectivity index (χ0n) is 18.0. The molecular formula is C25H26F3N3O. The molecule has 0 amide bonds. The normalized spacial score (nSPS) is 19.9. The predicted molar refractivity (Wildman–Crippen MR) is 116 cm³/mol. The van der Waals surface area contributed by atoms with Gasteiger partial charge in [-0.05, 0) is 49.6 Å². The Kier molecular flexibility index (Phi) is 5.55. The largest absolute Gasteiger partial charge is 0.416 e. The summed E-state index contributed by atoms with van der Waals surface area (Å²) in [5, 5.41) is 0. The molecule has 7 heteroatoms. The quantitative estimate of drug-likeness (QED) is 0.551. The third kappa shape index (κ3) is 4.19. The second-order valence-corrected chi connectivity index (χ2v) is 8.72. The van der Waals surface area contributed by atoms with E-state index in [-0.39, 0.29) is 12.2 Å². The van der Waals surface area contributed by atoms with Crippen molar-refractivity contribution in [1.29, 1.82) is 0 Å². The molecule has 5 rings (SSSR count). The van der Waals surface area contributed by atoms with E-state index in [0.717, 1.165) is 62.4 Å². The summed E-state index contributed by atoms with van der Waals surface area (Å²) in [5.41, 5.74) is 3.08. The molecule has 0 spiro atoms. The maximum absolute atomic E-state index is 13.0. The monoisotopic (exact) mass is 441 g/mol. The topological polar surface area (TPSA) is 30.3 Å². The average Bonchev–Trinajstić information content (AvgIpc) is 3.15. The van der Waals surface area contributed by atoms with Gasteiger partial charge < -0.3 is 14.2 Å². The van der Waals surface area contributed by atoms with Crippen LogP contribution in [0.1, 0.15) is 41.5 Å². The van der Waals surface area contributed by atoms with E-state index in [2.05, 4.69) is 28.6 Å². The molecule has 1 atom stereocenters. The fourth-order valence-electron chi connectivity index (χ4n) is 4.63. The van der Waals surface area contributed by atoms with Gasteiger partial charge in [0.15, 0.2) is 0 Å². The number of benzene rings is 2. The van der Waals surface area contributed by atoms with E-state index >= 15 is 0 Å². The minimum atomic E-state index is -4.35.